The SMILES string of the molecule is CC(O)C(NC(=O)CN1CC2(CC(c3nc(C(=O)N4CCCC45CSCN(CC(=O)N[C@H](C(=O)N4CCCC4)[C@@H](C)O)C5=O)n(C)n3)CN2C(=O)c2nc(C3CN(C(=O)c4ncnn4C)C4(C3)CN(CC(=O)NC(c3nnco3)C(C)O)C4=O)nn2C)C1=O)C(N)=O. The lowest BCUT2D eigenvalue weighted by Crippen LogP contribution is -2.74. The molecule has 4 aromatic rings. The molecule has 0 aliphatic carbocycles. The fourth-order valence-electron chi connectivity index (χ4n) is 13.8. The second-order valence-electron chi connectivity index (χ2n) is 24.7. The van der Waals surface area contributed by atoms with E-state index in [1.165, 1.54) is 98.5 Å². The van der Waals surface area contributed by atoms with Crippen LogP contribution in [0.2, 0.25) is 0 Å². The molecule has 11 heterocycles. The number of amides is 11. The van der Waals surface area contributed by atoms with Gasteiger partial charge in [0.1, 0.15) is 47.6 Å². The number of thioether (sulfide) groups is 1. The molecule has 0 saturated carbocycles. The Labute approximate surface area is 528 Å². The molecule has 0 aromatic carbocycles. The van der Waals surface area contributed by atoms with E-state index in [9.17, 15) is 63.3 Å². The number of aliphatic hydroxyl groups is 3. The van der Waals surface area contributed by atoms with E-state index in [4.69, 9.17) is 20.1 Å². The Balaban J connectivity index is 0.831. The standard InChI is InChI=1S/C54H72N22O15S/c1-27(77)35(38(55)83)59-32(80)18-71-22-54(51(71)90)15-31(39-62-42(68(5)65-39)47(86)74-13-9-10-52(74)23-92-26-73(49(52)88)20-34(82)61-37(29(3)79)45(84)70-11-7-8-12-70)17-76(54)48(87)43-63-40(66-69(43)6)30-14-53(75(16-30)46(85)41-56-24-58-67(41)4)21-72(50(53)89)19-33(81)60-36(28(2)78)44-64-57-25-91-44/h24-25,27-31,35-37,77-79H,7-23,26H2,1-6H3,(H2,55,83)(H,59,80)(H,60,81)(H,61,82)/t27?,28?,29-,30?,31?,35?,36?,37+,52?,53?,54?/m1/s1. The van der Waals surface area contributed by atoms with Crippen molar-refractivity contribution in [2.24, 2.45) is 26.9 Å². The van der Waals surface area contributed by atoms with E-state index in [0.717, 1.165) is 24.1 Å². The predicted octanol–water partition coefficient (Wildman–Crippen LogP) is -6.54. The first-order valence-electron chi connectivity index (χ1n) is 30.0. The Morgan fingerprint density at radius 3 is 1.65 bits per heavy atom. The van der Waals surface area contributed by atoms with Gasteiger partial charge < -0.3 is 75.7 Å². The Morgan fingerprint density at radius 1 is 0.652 bits per heavy atom. The number of aliphatic hydroxyl groups excluding tert-OH is 3. The highest BCUT2D eigenvalue weighted by molar-refractivity contribution is 7.99. The van der Waals surface area contributed by atoms with Gasteiger partial charge in [-0.3, -0.25) is 52.7 Å². The highest BCUT2D eigenvalue weighted by atomic mass is 32.2. The molecular formula is C54H72N22O15S. The number of nitrogens with zero attached hydrogens (tertiary/aromatic N) is 18. The van der Waals surface area contributed by atoms with Gasteiger partial charge >= 0.3 is 0 Å². The third-order valence-corrected chi connectivity index (χ3v) is 19.6. The summed E-state index contributed by atoms with van der Waals surface area (Å²) in [5, 5.41) is 59.3. The average Bonchev–Trinajstić information content (AvgIpc) is 1.50. The second-order valence-corrected chi connectivity index (χ2v) is 25.7. The number of nitrogens with one attached hydrogen (secondary N) is 3. The molecule has 37 nitrogen and oxygen atoms in total. The molecule has 11 rings (SSSR count). The molecule has 7 aliphatic rings. The maximum absolute atomic E-state index is 15.3. The lowest BCUT2D eigenvalue weighted by Gasteiger charge is -2.50. The Morgan fingerprint density at radius 2 is 1.16 bits per heavy atom. The lowest BCUT2D eigenvalue weighted by atomic mass is 9.82. The van der Waals surface area contributed by atoms with Crippen molar-refractivity contribution in [1.29, 1.82) is 0 Å². The zero-order valence-electron chi connectivity index (χ0n) is 51.3. The van der Waals surface area contributed by atoms with Crippen molar-refractivity contribution < 1.29 is 72.5 Å². The van der Waals surface area contributed by atoms with Crippen LogP contribution < -0.4 is 21.7 Å². The minimum absolute atomic E-state index is 0.0433. The van der Waals surface area contributed by atoms with Crippen LogP contribution in [0, 0.1) is 0 Å². The molecule has 9 unspecified atom stereocenters. The normalized spacial score (nSPS) is 25.7. The van der Waals surface area contributed by atoms with Crippen LogP contribution in [0.1, 0.15) is 127 Å². The summed E-state index contributed by atoms with van der Waals surface area (Å²) in [7, 11) is 4.42. The summed E-state index contributed by atoms with van der Waals surface area (Å²) in [6, 6.07) is -3.81. The molecule has 7 saturated heterocycles. The monoisotopic (exact) mass is 1300 g/mol. The van der Waals surface area contributed by atoms with Gasteiger partial charge in [0.2, 0.25) is 59.3 Å². The number of likely N-dealkylation sites (tertiary alicyclic amines) is 6. The highest BCUT2D eigenvalue weighted by Crippen LogP contribution is 2.48. The number of rotatable bonds is 20. The van der Waals surface area contributed by atoms with Crippen molar-refractivity contribution in [3.8, 4) is 0 Å². The smallest absolute Gasteiger partial charge is 0.292 e. The van der Waals surface area contributed by atoms with E-state index in [1.54, 1.807) is 4.90 Å². The topological polar surface area (TPSA) is 464 Å². The van der Waals surface area contributed by atoms with Crippen molar-refractivity contribution in [3.05, 3.63) is 47.7 Å². The van der Waals surface area contributed by atoms with Crippen LogP contribution in [-0.2, 0) is 59.5 Å². The first-order valence-corrected chi connectivity index (χ1v) is 31.2. The fourth-order valence-corrected chi connectivity index (χ4v) is 15.0. The van der Waals surface area contributed by atoms with E-state index in [2.05, 4.69) is 46.4 Å². The maximum atomic E-state index is 15.3. The summed E-state index contributed by atoms with van der Waals surface area (Å²) in [5.41, 5.74) is 0.792. The van der Waals surface area contributed by atoms with Crippen molar-refractivity contribution in [2.45, 2.75) is 124 Å². The third kappa shape index (κ3) is 11.4. The molecule has 4 aromatic heterocycles. The molecule has 494 valence electrons. The van der Waals surface area contributed by atoms with Gasteiger partial charge in [0.05, 0.1) is 50.4 Å². The lowest BCUT2D eigenvalue weighted by molar-refractivity contribution is -0.161. The maximum Gasteiger partial charge on any atom is 0.292 e. The zero-order chi connectivity index (χ0) is 66.0. The molecule has 38 heteroatoms. The minimum Gasteiger partial charge on any atom is -0.426 e. The number of aryl methyl sites for hydroxylation is 3. The van der Waals surface area contributed by atoms with Crippen LogP contribution in [0.15, 0.2) is 17.1 Å². The number of carbonyl (C=O) groups excluding carboxylic acids is 11. The second kappa shape index (κ2) is 24.9. The largest absolute Gasteiger partial charge is 0.426 e. The fraction of sp³-hybridized carbons (Fsp3) is 0.648. The number of primary amides is 1. The number of hydrogen-bond acceptors (Lipinski definition) is 24. The van der Waals surface area contributed by atoms with Gasteiger partial charge in [0.15, 0.2) is 11.6 Å². The van der Waals surface area contributed by atoms with Crippen LogP contribution in [-0.4, -0.2) is 293 Å². The molecule has 3 spiro atoms. The number of nitrogens with two attached hydrogens (primary N) is 1. The molecule has 92 heavy (non-hydrogen) atoms. The summed E-state index contributed by atoms with van der Waals surface area (Å²) >= 11 is 1.34. The molecule has 11 atom stereocenters. The van der Waals surface area contributed by atoms with Crippen LogP contribution in [0.4, 0.5) is 0 Å². The zero-order valence-corrected chi connectivity index (χ0v) is 52.1. The van der Waals surface area contributed by atoms with Gasteiger partial charge in [-0.05, 0) is 59.3 Å². The predicted molar refractivity (Wildman–Crippen MR) is 310 cm³/mol. The number of aromatic nitrogens is 11. The number of carbonyl (C=O) groups is 11. The van der Waals surface area contributed by atoms with Crippen molar-refractivity contribution >= 4 is 76.7 Å². The molecular weight excluding hydrogens is 1230 g/mol. The van der Waals surface area contributed by atoms with Crippen molar-refractivity contribution in [1.82, 2.24) is 105 Å². The number of hydrogen-bond donors (Lipinski definition) is 7. The summed E-state index contributed by atoms with van der Waals surface area (Å²) < 4.78 is 8.86. The van der Waals surface area contributed by atoms with Crippen molar-refractivity contribution in [2.75, 3.05) is 77.1 Å². The van der Waals surface area contributed by atoms with Gasteiger partial charge in [-0.15, -0.1) is 22.0 Å². The van der Waals surface area contributed by atoms with Crippen LogP contribution in [0.25, 0.3) is 0 Å². The summed E-state index contributed by atoms with van der Waals surface area (Å²) in [5.74, 6) is -9.38. The molecule has 0 radical (unpaired) electrons. The van der Waals surface area contributed by atoms with Crippen LogP contribution >= 0.6 is 11.8 Å². The third-order valence-electron chi connectivity index (χ3n) is 18.4. The Bertz CT molecular complexity index is 3620. The molecule has 7 fully saturated rings. The number of β-lactam (4-membered cyclic amide) rings is 2. The first kappa shape index (κ1) is 64.5. The van der Waals surface area contributed by atoms with E-state index < -0.39 is 150 Å². The average molecular weight is 1300 g/mol. The first-order chi connectivity index (χ1) is 43.7. The van der Waals surface area contributed by atoms with Gasteiger partial charge in [0, 0.05) is 71.5 Å². The summed E-state index contributed by atoms with van der Waals surface area (Å²) in [6.07, 6.45) is 0.537. The summed E-state index contributed by atoms with van der Waals surface area (Å²) in [4.78, 5) is 177. The van der Waals surface area contributed by atoms with E-state index in [-0.39, 0.29) is 98.6 Å². The molecule has 0 bridgehead atoms. The minimum atomic E-state index is -1.69. The summed E-state index contributed by atoms with van der Waals surface area (Å²) in [6.45, 7) is 2.90. The molecule has 11 amide bonds. The van der Waals surface area contributed by atoms with Crippen LogP contribution in [0.5, 0.6) is 0 Å². The molecule has 8 N–H and O–H groups in total. The Hall–Kier alpha value is -9.04. The van der Waals surface area contributed by atoms with Gasteiger partial charge in [0.25, 0.3) is 35.4 Å². The highest BCUT2D eigenvalue weighted by Gasteiger charge is 2.66. The van der Waals surface area contributed by atoms with Crippen LogP contribution in [0.3, 0.4) is 0 Å². The quantitative estimate of drug-likeness (QED) is 0.0405. The van der Waals surface area contributed by atoms with E-state index in [1.807, 2.05) is 0 Å². The van der Waals surface area contributed by atoms with Crippen molar-refractivity contribution in [3.63, 3.8) is 0 Å². The molecule has 7 aliphatic heterocycles. The van der Waals surface area contributed by atoms with Gasteiger partial charge in [-0.1, -0.05) is 0 Å². The van der Waals surface area contributed by atoms with E-state index in [0.29, 0.717) is 19.5 Å². The van der Waals surface area contributed by atoms with Gasteiger partial charge in [-0.25, -0.2) is 29.0 Å². The van der Waals surface area contributed by atoms with Gasteiger partial charge in [-0.2, -0.15) is 15.3 Å². The van der Waals surface area contributed by atoms with E-state index >= 15 is 4.79 Å². The Kier molecular flexibility index (Phi) is 17.4.